The molecule has 1 heterocycles. The Morgan fingerprint density at radius 1 is 1.04 bits per heavy atom. The molecule has 1 aromatic rings. The molecule has 1 saturated heterocycles. The summed E-state index contributed by atoms with van der Waals surface area (Å²) in [5, 5.41) is 0. The summed E-state index contributed by atoms with van der Waals surface area (Å²) in [6.07, 6.45) is 2.97. The first kappa shape index (κ1) is 19.1. The van der Waals surface area contributed by atoms with E-state index >= 15 is 0 Å². The van der Waals surface area contributed by atoms with E-state index in [-0.39, 0.29) is 29.6 Å². The minimum Gasteiger partial charge on any atom is -0.447 e. The number of hydrogen-bond donors (Lipinski definition) is 0. The summed E-state index contributed by atoms with van der Waals surface area (Å²) in [4.78, 5) is 40.1. The first-order valence-corrected chi connectivity index (χ1v) is 10.3. The van der Waals surface area contributed by atoms with E-state index in [0.29, 0.717) is 50.5 Å². The molecule has 0 N–H and O–H groups in total. The second kappa shape index (κ2) is 8.43. The number of morpholine rings is 1. The number of rotatable bonds is 4. The fourth-order valence-electron chi connectivity index (χ4n) is 4.72. The molecule has 150 valence electrons. The summed E-state index contributed by atoms with van der Waals surface area (Å²) in [5.74, 6) is -0.559. The number of carbonyl (C=O) groups excluding carboxylic acids is 3. The Morgan fingerprint density at radius 2 is 1.68 bits per heavy atom. The van der Waals surface area contributed by atoms with Gasteiger partial charge in [-0.2, -0.15) is 0 Å². The van der Waals surface area contributed by atoms with E-state index in [1.54, 1.807) is 4.90 Å². The quantitative estimate of drug-likeness (QED) is 0.745. The Labute approximate surface area is 165 Å². The van der Waals surface area contributed by atoms with Gasteiger partial charge in [0.05, 0.1) is 19.1 Å². The molecule has 3 aliphatic rings. The van der Waals surface area contributed by atoms with Crippen molar-refractivity contribution in [2.45, 2.75) is 38.2 Å². The molecule has 6 nitrogen and oxygen atoms in total. The summed E-state index contributed by atoms with van der Waals surface area (Å²) >= 11 is 0. The number of amides is 1. The molecule has 2 aliphatic carbocycles. The van der Waals surface area contributed by atoms with Crippen molar-refractivity contribution in [1.29, 1.82) is 0 Å². The zero-order valence-electron chi connectivity index (χ0n) is 16.0. The zero-order chi connectivity index (χ0) is 19.5. The van der Waals surface area contributed by atoms with Crippen LogP contribution >= 0.6 is 0 Å². The monoisotopic (exact) mass is 385 g/mol. The highest BCUT2D eigenvalue weighted by Crippen LogP contribution is 2.41. The highest BCUT2D eigenvalue weighted by molar-refractivity contribution is 5.89. The maximum absolute atomic E-state index is 13.1. The lowest BCUT2D eigenvalue weighted by molar-refractivity contribution is -0.168. The van der Waals surface area contributed by atoms with Crippen molar-refractivity contribution < 1.29 is 23.9 Å². The average Bonchev–Trinajstić information content (AvgIpc) is 2.72. The van der Waals surface area contributed by atoms with E-state index in [2.05, 4.69) is 0 Å². The van der Waals surface area contributed by atoms with Gasteiger partial charge >= 0.3 is 5.97 Å². The van der Waals surface area contributed by atoms with Crippen LogP contribution in [0.25, 0.3) is 0 Å². The average molecular weight is 385 g/mol. The molecule has 2 saturated carbocycles. The second-order valence-electron chi connectivity index (χ2n) is 8.06. The molecular formula is C22H27NO5. The summed E-state index contributed by atoms with van der Waals surface area (Å²) in [7, 11) is 0. The van der Waals surface area contributed by atoms with Crippen molar-refractivity contribution in [1.82, 2.24) is 4.90 Å². The number of hydrogen-bond acceptors (Lipinski definition) is 5. The smallest absolute Gasteiger partial charge is 0.310 e. The molecule has 3 fully saturated rings. The minimum atomic E-state index is -0.940. The summed E-state index contributed by atoms with van der Waals surface area (Å²) in [6.45, 7) is 1.99. The van der Waals surface area contributed by atoms with Gasteiger partial charge in [-0.05, 0) is 25.7 Å². The Balaban J connectivity index is 1.50. The van der Waals surface area contributed by atoms with Crippen LogP contribution in [0.1, 0.15) is 43.8 Å². The SMILES string of the molecule is O=C(O[C@H](C(=O)N1CCOCC1)c1ccccc1)C1C[C@H]2CCC[C@@H](C1)C2=O. The third-order valence-corrected chi connectivity index (χ3v) is 6.26. The number of Topliss-reactive ketones (excluding diaryl/α,β-unsaturated/α-hetero) is 1. The molecule has 2 bridgehead atoms. The molecule has 28 heavy (non-hydrogen) atoms. The van der Waals surface area contributed by atoms with Crippen LogP contribution in [0, 0.1) is 17.8 Å². The van der Waals surface area contributed by atoms with Crippen LogP contribution in [0.15, 0.2) is 30.3 Å². The van der Waals surface area contributed by atoms with E-state index in [1.165, 1.54) is 0 Å². The molecule has 0 spiro atoms. The van der Waals surface area contributed by atoms with Crippen molar-refractivity contribution >= 4 is 17.7 Å². The van der Waals surface area contributed by atoms with Crippen LogP contribution in [0.2, 0.25) is 0 Å². The predicted octanol–water partition coefficient (Wildman–Crippen LogP) is 2.53. The van der Waals surface area contributed by atoms with Crippen molar-refractivity contribution in [3.8, 4) is 0 Å². The van der Waals surface area contributed by atoms with Gasteiger partial charge in [0, 0.05) is 30.5 Å². The molecular weight excluding hydrogens is 358 g/mol. The fourth-order valence-corrected chi connectivity index (χ4v) is 4.72. The van der Waals surface area contributed by atoms with Crippen molar-refractivity contribution in [3.63, 3.8) is 0 Å². The largest absolute Gasteiger partial charge is 0.447 e. The third kappa shape index (κ3) is 3.97. The van der Waals surface area contributed by atoms with Gasteiger partial charge in [-0.3, -0.25) is 14.4 Å². The first-order chi connectivity index (χ1) is 13.6. The molecule has 6 heteroatoms. The van der Waals surface area contributed by atoms with Crippen LogP contribution in [0.4, 0.5) is 0 Å². The molecule has 1 aliphatic heterocycles. The number of benzene rings is 1. The lowest BCUT2D eigenvalue weighted by atomic mass is 9.67. The van der Waals surface area contributed by atoms with E-state index in [0.717, 1.165) is 19.3 Å². The summed E-state index contributed by atoms with van der Waals surface area (Å²) < 4.78 is 11.1. The van der Waals surface area contributed by atoms with Crippen LogP contribution < -0.4 is 0 Å². The number of esters is 1. The van der Waals surface area contributed by atoms with Crippen LogP contribution in [-0.2, 0) is 23.9 Å². The van der Waals surface area contributed by atoms with Crippen molar-refractivity contribution in [3.05, 3.63) is 35.9 Å². The van der Waals surface area contributed by atoms with Crippen molar-refractivity contribution in [2.24, 2.45) is 17.8 Å². The third-order valence-electron chi connectivity index (χ3n) is 6.26. The zero-order valence-corrected chi connectivity index (χ0v) is 16.0. The number of nitrogens with zero attached hydrogens (tertiary/aromatic N) is 1. The molecule has 0 radical (unpaired) electrons. The number of ketones is 1. The van der Waals surface area contributed by atoms with Crippen LogP contribution in [-0.4, -0.2) is 48.9 Å². The summed E-state index contributed by atoms with van der Waals surface area (Å²) in [5.41, 5.74) is 0.680. The molecule has 4 rings (SSSR count). The Hall–Kier alpha value is -2.21. The maximum atomic E-state index is 13.1. The lowest BCUT2D eigenvalue weighted by Crippen LogP contribution is -2.45. The molecule has 1 amide bonds. The van der Waals surface area contributed by atoms with Crippen LogP contribution in [0.3, 0.4) is 0 Å². The Morgan fingerprint density at radius 3 is 2.32 bits per heavy atom. The molecule has 1 unspecified atom stereocenters. The number of fused-ring (bicyclic) bond motifs is 2. The predicted molar refractivity (Wildman–Crippen MR) is 101 cm³/mol. The van der Waals surface area contributed by atoms with Gasteiger partial charge < -0.3 is 14.4 Å². The van der Waals surface area contributed by atoms with Gasteiger partial charge in [-0.1, -0.05) is 36.8 Å². The Bertz CT molecular complexity index is 712. The normalized spacial score (nSPS) is 28.5. The maximum Gasteiger partial charge on any atom is 0.310 e. The van der Waals surface area contributed by atoms with Gasteiger partial charge in [0.25, 0.3) is 5.91 Å². The van der Waals surface area contributed by atoms with Gasteiger partial charge in [-0.15, -0.1) is 0 Å². The van der Waals surface area contributed by atoms with Gasteiger partial charge in [-0.25, -0.2) is 0 Å². The molecule has 4 atom stereocenters. The van der Waals surface area contributed by atoms with E-state index in [9.17, 15) is 14.4 Å². The molecule has 0 aromatic heterocycles. The van der Waals surface area contributed by atoms with Crippen LogP contribution in [0.5, 0.6) is 0 Å². The van der Waals surface area contributed by atoms with Gasteiger partial charge in [0.2, 0.25) is 6.10 Å². The molecule has 1 aromatic carbocycles. The highest BCUT2D eigenvalue weighted by atomic mass is 16.5. The van der Waals surface area contributed by atoms with Gasteiger partial charge in [0.1, 0.15) is 5.78 Å². The van der Waals surface area contributed by atoms with Crippen molar-refractivity contribution in [2.75, 3.05) is 26.3 Å². The standard InChI is InChI=1S/C22H27NO5/c24-19-16-7-4-8-17(19)14-18(13-16)22(26)28-20(15-5-2-1-3-6-15)21(25)23-9-11-27-12-10-23/h1-3,5-6,16-18,20H,4,7-14H2/t16-,17+,18?,20-/m0/s1. The van der Waals surface area contributed by atoms with Gasteiger partial charge in [0.15, 0.2) is 0 Å². The van der Waals surface area contributed by atoms with E-state index < -0.39 is 6.10 Å². The number of carbonyl (C=O) groups is 3. The topological polar surface area (TPSA) is 72.9 Å². The fraction of sp³-hybridized carbons (Fsp3) is 0.591. The lowest BCUT2D eigenvalue weighted by Gasteiger charge is -2.37. The van der Waals surface area contributed by atoms with E-state index in [4.69, 9.17) is 9.47 Å². The first-order valence-electron chi connectivity index (χ1n) is 10.3. The Kier molecular flexibility index (Phi) is 5.76. The second-order valence-corrected chi connectivity index (χ2v) is 8.06. The number of ether oxygens (including phenoxy) is 2. The van der Waals surface area contributed by atoms with E-state index in [1.807, 2.05) is 30.3 Å². The minimum absolute atomic E-state index is 0.0184. The summed E-state index contributed by atoms with van der Waals surface area (Å²) in [6, 6.07) is 9.18. The highest BCUT2D eigenvalue weighted by Gasteiger charge is 2.43.